The minimum absolute atomic E-state index is 0.288. The molecule has 3 atom stereocenters. The smallest absolute Gasteiger partial charge is 0.111 e. The summed E-state index contributed by atoms with van der Waals surface area (Å²) in [5.74, 6) is 1.55. The molecule has 2 aliphatic heterocycles. The highest BCUT2D eigenvalue weighted by atomic mass is 35.5. The maximum absolute atomic E-state index is 6.20. The molecule has 0 N–H and O–H groups in total. The molecular formula is C15H15Cl3N2O. The average Bonchev–Trinajstić information content (AvgIpc) is 3.13. The zero-order valence-corrected chi connectivity index (χ0v) is 13.6. The molecule has 0 amide bonds. The third-order valence-electron chi connectivity index (χ3n) is 4.53. The Morgan fingerprint density at radius 3 is 2.71 bits per heavy atom. The number of nitrogens with zero attached hydrogens (tertiary/aromatic N) is 2. The van der Waals surface area contributed by atoms with Crippen molar-refractivity contribution in [3.05, 3.63) is 28.0 Å². The number of hydrogen-bond acceptors (Lipinski definition) is 2. The number of alkyl halides is 1. The summed E-state index contributed by atoms with van der Waals surface area (Å²) in [5, 5.41) is 1.10. The number of benzene rings is 1. The Bertz CT molecular complexity index is 700. The molecule has 3 unspecified atom stereocenters. The van der Waals surface area contributed by atoms with Crippen LogP contribution in [-0.2, 0) is 11.2 Å². The molecule has 0 aliphatic carbocycles. The standard InChI is InChI=1S/C15H15Cl3N2O/c16-4-3-15-19-11-6-9(17)10(18)7-12(11)20(15)13-5-8-1-2-14(13)21-8/h6-8,13-14H,1-5H2. The van der Waals surface area contributed by atoms with Gasteiger partial charge in [0.1, 0.15) is 5.82 Å². The first-order chi connectivity index (χ1) is 10.2. The molecular weight excluding hydrogens is 331 g/mol. The third-order valence-corrected chi connectivity index (χ3v) is 5.44. The number of rotatable bonds is 3. The van der Waals surface area contributed by atoms with E-state index in [0.29, 0.717) is 28.1 Å². The molecule has 3 nitrogen and oxygen atoms in total. The molecule has 6 heteroatoms. The largest absolute Gasteiger partial charge is 0.373 e. The van der Waals surface area contributed by atoms with Crippen LogP contribution in [0.2, 0.25) is 10.0 Å². The fourth-order valence-electron chi connectivity index (χ4n) is 3.65. The SMILES string of the molecule is ClCCc1nc2cc(Cl)c(Cl)cc2n1C1CC2CCC1O2. The number of imidazole rings is 1. The van der Waals surface area contributed by atoms with E-state index in [1.807, 2.05) is 12.1 Å². The van der Waals surface area contributed by atoms with Gasteiger partial charge in [-0.2, -0.15) is 0 Å². The summed E-state index contributed by atoms with van der Waals surface area (Å²) in [7, 11) is 0. The Morgan fingerprint density at radius 2 is 2.05 bits per heavy atom. The van der Waals surface area contributed by atoms with Crippen molar-refractivity contribution in [1.29, 1.82) is 0 Å². The lowest BCUT2D eigenvalue weighted by Crippen LogP contribution is -2.22. The van der Waals surface area contributed by atoms with Crippen molar-refractivity contribution in [3.63, 3.8) is 0 Å². The van der Waals surface area contributed by atoms with E-state index in [1.54, 1.807) is 0 Å². The van der Waals surface area contributed by atoms with E-state index in [-0.39, 0.29) is 6.10 Å². The van der Waals surface area contributed by atoms with Gasteiger partial charge in [0.2, 0.25) is 0 Å². The molecule has 3 heterocycles. The van der Waals surface area contributed by atoms with E-state index in [9.17, 15) is 0 Å². The van der Waals surface area contributed by atoms with Crippen LogP contribution < -0.4 is 0 Å². The van der Waals surface area contributed by atoms with E-state index in [0.717, 1.165) is 36.1 Å². The van der Waals surface area contributed by atoms with Crippen molar-refractivity contribution in [3.8, 4) is 0 Å². The second-order valence-corrected chi connectivity index (χ2v) is 6.96. The minimum Gasteiger partial charge on any atom is -0.373 e. The van der Waals surface area contributed by atoms with Gasteiger partial charge in [-0.05, 0) is 31.4 Å². The van der Waals surface area contributed by atoms with Gasteiger partial charge < -0.3 is 9.30 Å². The van der Waals surface area contributed by atoms with Crippen LogP contribution in [0.25, 0.3) is 11.0 Å². The van der Waals surface area contributed by atoms with E-state index < -0.39 is 0 Å². The first kappa shape index (κ1) is 14.1. The predicted molar refractivity (Wildman–Crippen MR) is 85.7 cm³/mol. The average molecular weight is 346 g/mol. The Labute approximate surface area is 138 Å². The zero-order valence-electron chi connectivity index (χ0n) is 11.4. The number of ether oxygens (including phenoxy) is 1. The summed E-state index contributed by atoms with van der Waals surface area (Å²) in [6.45, 7) is 0. The van der Waals surface area contributed by atoms with Gasteiger partial charge in [0, 0.05) is 12.3 Å². The molecule has 0 saturated carbocycles. The van der Waals surface area contributed by atoms with Crippen LogP contribution in [0.5, 0.6) is 0 Å². The normalized spacial score (nSPS) is 27.9. The van der Waals surface area contributed by atoms with Crippen molar-refractivity contribution >= 4 is 45.8 Å². The third kappa shape index (κ3) is 2.26. The first-order valence-electron chi connectivity index (χ1n) is 7.24. The number of fused-ring (bicyclic) bond motifs is 3. The number of aryl methyl sites for hydroxylation is 1. The topological polar surface area (TPSA) is 27.1 Å². The number of halogens is 3. The van der Waals surface area contributed by atoms with E-state index in [1.165, 1.54) is 6.42 Å². The second kappa shape index (κ2) is 5.31. The minimum atomic E-state index is 0.288. The van der Waals surface area contributed by atoms with E-state index in [2.05, 4.69) is 4.57 Å². The van der Waals surface area contributed by atoms with Gasteiger partial charge in [-0.3, -0.25) is 0 Å². The Kier molecular flexibility index (Phi) is 3.57. The molecule has 0 spiro atoms. The molecule has 112 valence electrons. The van der Waals surface area contributed by atoms with E-state index >= 15 is 0 Å². The van der Waals surface area contributed by atoms with Gasteiger partial charge in [-0.25, -0.2) is 4.98 Å². The maximum Gasteiger partial charge on any atom is 0.111 e. The van der Waals surface area contributed by atoms with Crippen molar-refractivity contribution in [2.24, 2.45) is 0 Å². The van der Waals surface area contributed by atoms with Gasteiger partial charge in [0.15, 0.2) is 0 Å². The molecule has 21 heavy (non-hydrogen) atoms. The van der Waals surface area contributed by atoms with Crippen LogP contribution in [0.4, 0.5) is 0 Å². The highest BCUT2D eigenvalue weighted by molar-refractivity contribution is 6.42. The van der Waals surface area contributed by atoms with Gasteiger partial charge in [0.05, 0.1) is 39.3 Å². The molecule has 4 rings (SSSR count). The monoisotopic (exact) mass is 344 g/mol. The molecule has 1 aromatic heterocycles. The Hall–Kier alpha value is -0.480. The highest BCUT2D eigenvalue weighted by Gasteiger charge is 2.42. The lowest BCUT2D eigenvalue weighted by atomic mass is 9.95. The number of aromatic nitrogens is 2. The highest BCUT2D eigenvalue weighted by Crippen LogP contribution is 2.44. The van der Waals surface area contributed by atoms with Crippen molar-refractivity contribution < 1.29 is 4.74 Å². The van der Waals surface area contributed by atoms with Crippen LogP contribution in [-0.4, -0.2) is 27.6 Å². The van der Waals surface area contributed by atoms with Gasteiger partial charge in [-0.1, -0.05) is 23.2 Å². The van der Waals surface area contributed by atoms with Crippen molar-refractivity contribution in [1.82, 2.24) is 9.55 Å². The second-order valence-electron chi connectivity index (χ2n) is 5.77. The van der Waals surface area contributed by atoms with Crippen LogP contribution >= 0.6 is 34.8 Å². The first-order valence-corrected chi connectivity index (χ1v) is 8.53. The Balaban J connectivity index is 1.88. The van der Waals surface area contributed by atoms with Crippen LogP contribution in [0, 0.1) is 0 Å². The fourth-order valence-corrected chi connectivity index (χ4v) is 4.14. The fraction of sp³-hybridized carbons (Fsp3) is 0.533. The molecule has 2 bridgehead atoms. The van der Waals surface area contributed by atoms with Gasteiger partial charge in [-0.15, -0.1) is 11.6 Å². The summed E-state index contributed by atoms with van der Waals surface area (Å²) in [6, 6.07) is 4.08. The predicted octanol–water partition coefficient (Wildman–Crippen LogP) is 4.62. The Morgan fingerprint density at radius 1 is 1.24 bits per heavy atom. The molecule has 2 aliphatic rings. The number of hydrogen-bond donors (Lipinski definition) is 0. The maximum atomic E-state index is 6.20. The lowest BCUT2D eigenvalue weighted by Gasteiger charge is -2.23. The summed E-state index contributed by atoms with van der Waals surface area (Å²) < 4.78 is 8.29. The summed E-state index contributed by atoms with van der Waals surface area (Å²) in [6.07, 6.45) is 4.76. The van der Waals surface area contributed by atoms with E-state index in [4.69, 9.17) is 44.5 Å². The van der Waals surface area contributed by atoms with Crippen molar-refractivity contribution in [2.75, 3.05) is 5.88 Å². The van der Waals surface area contributed by atoms with Crippen LogP contribution in [0.3, 0.4) is 0 Å². The van der Waals surface area contributed by atoms with Crippen LogP contribution in [0.15, 0.2) is 12.1 Å². The van der Waals surface area contributed by atoms with Crippen LogP contribution in [0.1, 0.15) is 31.1 Å². The molecule has 0 radical (unpaired) electrons. The molecule has 2 fully saturated rings. The van der Waals surface area contributed by atoms with Crippen molar-refractivity contribution in [2.45, 2.75) is 43.9 Å². The molecule has 1 aromatic carbocycles. The van der Waals surface area contributed by atoms with Gasteiger partial charge in [0.25, 0.3) is 0 Å². The summed E-state index contributed by atoms with van der Waals surface area (Å²) >= 11 is 18.3. The quantitative estimate of drug-likeness (QED) is 0.759. The zero-order chi connectivity index (χ0) is 14.6. The molecule has 2 aromatic rings. The summed E-state index contributed by atoms with van der Waals surface area (Å²) in [4.78, 5) is 4.71. The summed E-state index contributed by atoms with van der Waals surface area (Å²) in [5.41, 5.74) is 1.91. The lowest BCUT2D eigenvalue weighted by molar-refractivity contribution is 0.0940. The van der Waals surface area contributed by atoms with Gasteiger partial charge >= 0.3 is 0 Å². The molecule has 2 saturated heterocycles.